The molecular weight excluding hydrogens is 621 g/mol. The van der Waals surface area contributed by atoms with Crippen LogP contribution in [0.1, 0.15) is 17.9 Å². The lowest BCUT2D eigenvalue weighted by Crippen LogP contribution is -2.03. The van der Waals surface area contributed by atoms with Crippen LogP contribution in [-0.2, 0) is 0 Å². The summed E-state index contributed by atoms with van der Waals surface area (Å²) < 4.78 is 11.5. The minimum atomic E-state index is 0.307. The number of fused-ring (bicyclic) bond motifs is 10. The molecule has 3 nitrogen and oxygen atoms in total. The third-order valence-corrected chi connectivity index (χ3v) is 10.8. The average Bonchev–Trinajstić information content (AvgIpc) is 3.86. The molecule has 0 bridgehead atoms. The van der Waals surface area contributed by atoms with Gasteiger partial charge in [0.1, 0.15) is 11.2 Å². The Morgan fingerprint density at radius 2 is 1.18 bits per heavy atom. The Kier molecular flexibility index (Phi) is 6.08. The van der Waals surface area contributed by atoms with Crippen LogP contribution in [0.3, 0.4) is 0 Å². The van der Waals surface area contributed by atoms with Crippen LogP contribution < -0.4 is 0 Å². The summed E-state index contributed by atoms with van der Waals surface area (Å²) in [5, 5.41) is 7.15. The molecule has 240 valence electrons. The molecule has 11 rings (SSSR count). The summed E-state index contributed by atoms with van der Waals surface area (Å²) in [6.07, 6.45) is 8.04. The van der Waals surface area contributed by atoms with Gasteiger partial charge in [-0.05, 0) is 83.8 Å². The first-order valence-electron chi connectivity index (χ1n) is 17.7. The second-order valence-electron chi connectivity index (χ2n) is 13.7. The highest BCUT2D eigenvalue weighted by molar-refractivity contribution is 6.24. The second-order valence-corrected chi connectivity index (χ2v) is 13.7. The topological polar surface area (TPSA) is 23.0 Å². The maximum absolute atomic E-state index is 6.65. The minimum Gasteiger partial charge on any atom is -0.455 e. The molecule has 1 aliphatic rings. The van der Waals surface area contributed by atoms with E-state index in [-0.39, 0.29) is 0 Å². The van der Waals surface area contributed by atoms with E-state index in [2.05, 4.69) is 179 Å². The predicted octanol–water partition coefficient (Wildman–Crippen LogP) is 13.0. The van der Waals surface area contributed by atoms with E-state index in [0.29, 0.717) is 5.92 Å². The molecule has 3 heteroatoms. The Balaban J connectivity index is 1.16. The van der Waals surface area contributed by atoms with E-state index in [1.54, 1.807) is 0 Å². The molecule has 1 unspecified atom stereocenters. The summed E-state index contributed by atoms with van der Waals surface area (Å²) in [6.45, 7) is 0. The number of aromatic nitrogens is 2. The number of hydrogen-bond donors (Lipinski definition) is 0. The van der Waals surface area contributed by atoms with E-state index in [4.69, 9.17) is 4.42 Å². The van der Waals surface area contributed by atoms with E-state index in [1.807, 2.05) is 6.07 Å². The van der Waals surface area contributed by atoms with Gasteiger partial charge in [-0.3, -0.25) is 0 Å². The highest BCUT2D eigenvalue weighted by atomic mass is 16.3. The molecule has 3 heterocycles. The molecule has 0 amide bonds. The van der Waals surface area contributed by atoms with Crippen molar-refractivity contribution < 1.29 is 4.42 Å². The molecule has 10 aromatic rings. The van der Waals surface area contributed by atoms with Gasteiger partial charge in [-0.1, -0.05) is 115 Å². The number of rotatable bonds is 4. The fourth-order valence-electron chi connectivity index (χ4n) is 8.50. The second kappa shape index (κ2) is 11.0. The predicted molar refractivity (Wildman–Crippen MR) is 214 cm³/mol. The zero-order valence-electron chi connectivity index (χ0n) is 27.8. The molecule has 0 saturated heterocycles. The van der Waals surface area contributed by atoms with Gasteiger partial charge in [0.2, 0.25) is 0 Å². The van der Waals surface area contributed by atoms with Crippen molar-refractivity contribution in [1.82, 2.24) is 9.13 Å². The van der Waals surface area contributed by atoms with Crippen LogP contribution in [0.4, 0.5) is 0 Å². The molecule has 1 aliphatic carbocycles. The maximum atomic E-state index is 6.65. The summed E-state index contributed by atoms with van der Waals surface area (Å²) in [4.78, 5) is 0. The first-order valence-corrected chi connectivity index (χ1v) is 17.7. The van der Waals surface area contributed by atoms with E-state index < -0.39 is 0 Å². The SMILES string of the molecule is C1=CC(n2c3cc(-c4ccc5c(c4)c4ccccc4n5-c4ccccc4)ccc3c3c4oc5ccccc5c4ccc32)=CC(c2ccccc2)C1. The quantitative estimate of drug-likeness (QED) is 0.186. The number of para-hydroxylation sites is 3. The zero-order chi connectivity index (χ0) is 33.5. The molecule has 0 fully saturated rings. The maximum Gasteiger partial charge on any atom is 0.145 e. The molecule has 0 saturated carbocycles. The average molecular weight is 653 g/mol. The molecular formula is C48H32N2O. The van der Waals surface area contributed by atoms with E-state index in [0.717, 1.165) is 39.3 Å². The van der Waals surface area contributed by atoms with Gasteiger partial charge in [-0.2, -0.15) is 0 Å². The summed E-state index contributed by atoms with van der Waals surface area (Å²) >= 11 is 0. The van der Waals surface area contributed by atoms with E-state index in [9.17, 15) is 0 Å². The van der Waals surface area contributed by atoms with Crippen molar-refractivity contribution in [1.29, 1.82) is 0 Å². The van der Waals surface area contributed by atoms with Crippen LogP contribution >= 0.6 is 0 Å². The summed E-state index contributed by atoms with van der Waals surface area (Å²) in [5.41, 5.74) is 12.7. The number of furan rings is 1. The van der Waals surface area contributed by atoms with Crippen LogP contribution in [0.25, 0.3) is 88.1 Å². The van der Waals surface area contributed by atoms with Gasteiger partial charge < -0.3 is 13.6 Å². The lowest BCUT2D eigenvalue weighted by Gasteiger charge is -2.19. The first-order chi connectivity index (χ1) is 25.3. The van der Waals surface area contributed by atoms with Crippen LogP contribution in [-0.4, -0.2) is 9.13 Å². The number of benzene rings is 7. The smallest absolute Gasteiger partial charge is 0.145 e. The molecule has 0 spiro atoms. The van der Waals surface area contributed by atoms with Crippen molar-refractivity contribution in [2.75, 3.05) is 0 Å². The molecule has 0 radical (unpaired) electrons. The van der Waals surface area contributed by atoms with Gasteiger partial charge in [-0.15, -0.1) is 0 Å². The third kappa shape index (κ3) is 4.25. The van der Waals surface area contributed by atoms with Gasteiger partial charge in [0.05, 0.1) is 27.5 Å². The Bertz CT molecular complexity index is 3040. The van der Waals surface area contributed by atoms with Gasteiger partial charge in [0.25, 0.3) is 0 Å². The largest absolute Gasteiger partial charge is 0.455 e. The highest BCUT2D eigenvalue weighted by Crippen LogP contribution is 2.43. The molecule has 0 aliphatic heterocycles. The van der Waals surface area contributed by atoms with Crippen molar-refractivity contribution in [2.24, 2.45) is 0 Å². The Labute approximate surface area is 294 Å². The lowest BCUT2D eigenvalue weighted by molar-refractivity contribution is 0.673. The molecule has 51 heavy (non-hydrogen) atoms. The molecule has 0 N–H and O–H groups in total. The third-order valence-electron chi connectivity index (χ3n) is 10.8. The van der Waals surface area contributed by atoms with Gasteiger partial charge in [0.15, 0.2) is 0 Å². The van der Waals surface area contributed by atoms with Crippen LogP contribution in [0.15, 0.2) is 180 Å². The van der Waals surface area contributed by atoms with Crippen LogP contribution in [0.2, 0.25) is 0 Å². The van der Waals surface area contributed by atoms with E-state index in [1.165, 1.54) is 60.8 Å². The highest BCUT2D eigenvalue weighted by Gasteiger charge is 2.22. The van der Waals surface area contributed by atoms with Crippen molar-refractivity contribution in [3.05, 3.63) is 182 Å². The minimum absolute atomic E-state index is 0.307. The standard InChI is InChI=1S/C48H32N2O/c1-3-12-31(13-4-1)32-14-11-17-36(28-32)50-44-27-25-39-38-19-8-10-21-46(38)51-48(39)47(44)40-24-22-34(30-45(40)50)33-23-26-43-41(29-33)37-18-7-9-20-42(37)49(43)35-15-5-2-6-16-35/h1-13,15-30,32H,14H2. The van der Waals surface area contributed by atoms with Crippen molar-refractivity contribution in [2.45, 2.75) is 12.3 Å². The zero-order valence-corrected chi connectivity index (χ0v) is 27.8. The Morgan fingerprint density at radius 1 is 0.490 bits per heavy atom. The number of allylic oxidation sites excluding steroid dienone is 4. The lowest BCUT2D eigenvalue weighted by atomic mass is 9.91. The fraction of sp³-hybridized carbons (Fsp3) is 0.0417. The van der Waals surface area contributed by atoms with Crippen molar-refractivity contribution in [3.8, 4) is 16.8 Å². The van der Waals surface area contributed by atoms with Gasteiger partial charge in [0, 0.05) is 44.2 Å². The summed E-state index contributed by atoms with van der Waals surface area (Å²) in [6, 6.07) is 57.0. The van der Waals surface area contributed by atoms with Crippen LogP contribution in [0.5, 0.6) is 0 Å². The number of hydrogen-bond acceptors (Lipinski definition) is 1. The summed E-state index contributed by atoms with van der Waals surface area (Å²) in [7, 11) is 0. The summed E-state index contributed by atoms with van der Waals surface area (Å²) in [5.74, 6) is 0.307. The monoisotopic (exact) mass is 652 g/mol. The Morgan fingerprint density at radius 3 is 2.06 bits per heavy atom. The molecule has 3 aromatic heterocycles. The normalized spacial score (nSPS) is 14.8. The van der Waals surface area contributed by atoms with Crippen molar-refractivity contribution >= 4 is 71.2 Å². The van der Waals surface area contributed by atoms with E-state index >= 15 is 0 Å². The van der Waals surface area contributed by atoms with Gasteiger partial charge in [-0.25, -0.2) is 0 Å². The number of nitrogens with zero attached hydrogens (tertiary/aromatic N) is 2. The molecule has 1 atom stereocenters. The van der Waals surface area contributed by atoms with Crippen LogP contribution in [0, 0.1) is 0 Å². The first kappa shape index (κ1) is 28.3. The fourth-order valence-corrected chi connectivity index (χ4v) is 8.50. The Hall–Kier alpha value is -6.58. The van der Waals surface area contributed by atoms with Gasteiger partial charge >= 0.3 is 0 Å². The van der Waals surface area contributed by atoms with Crippen molar-refractivity contribution in [3.63, 3.8) is 0 Å². The molecule has 7 aromatic carbocycles.